The Morgan fingerprint density at radius 1 is 1.24 bits per heavy atom. The summed E-state index contributed by atoms with van der Waals surface area (Å²) in [6.45, 7) is 2.08. The van der Waals surface area contributed by atoms with Gasteiger partial charge < -0.3 is 10.4 Å². The smallest absolute Gasteiger partial charge is 0.475 e. The van der Waals surface area contributed by atoms with Gasteiger partial charge in [0.05, 0.1) is 10.1 Å². The zero-order valence-electron chi connectivity index (χ0n) is 19.1. The first kappa shape index (κ1) is 28.6. The maximum absolute atomic E-state index is 13.1. The molecule has 0 atom stereocenters. The van der Waals surface area contributed by atoms with E-state index in [0.717, 1.165) is 0 Å². The average Bonchev–Trinajstić information content (AvgIpc) is 3.30. The van der Waals surface area contributed by atoms with Crippen molar-refractivity contribution in [3.63, 3.8) is 0 Å². The number of sulfone groups is 1. The van der Waals surface area contributed by atoms with Gasteiger partial charge in [-0.15, -0.1) is 5.10 Å². The number of aromatic nitrogens is 5. The van der Waals surface area contributed by atoms with Gasteiger partial charge in [-0.3, -0.25) is 0 Å². The molecule has 38 heavy (non-hydrogen) atoms. The Hall–Kier alpha value is -3.99. The van der Waals surface area contributed by atoms with Crippen LogP contribution in [-0.4, -0.2) is 78.0 Å². The highest BCUT2D eigenvalue weighted by Gasteiger charge is 2.39. The number of nitrogens with two attached hydrogens (primary N) is 1. The van der Waals surface area contributed by atoms with Gasteiger partial charge in [-0.25, -0.2) is 36.9 Å². The van der Waals surface area contributed by atoms with Crippen molar-refractivity contribution in [1.29, 1.82) is 5.26 Å². The highest BCUT2D eigenvalue weighted by molar-refractivity contribution is 7.94. The number of carbonyl (C=O) groups is 1. The molecule has 1 aliphatic rings. The van der Waals surface area contributed by atoms with E-state index in [2.05, 4.69) is 30.9 Å². The van der Waals surface area contributed by atoms with Crippen LogP contribution in [0.15, 0.2) is 34.2 Å². The number of aliphatic carboxylic acids is 1. The van der Waals surface area contributed by atoms with E-state index in [-0.39, 0.29) is 35.7 Å². The monoisotopic (exact) mass is 574 g/mol. The molecule has 3 heterocycles. The van der Waals surface area contributed by atoms with Crippen LogP contribution in [0.3, 0.4) is 0 Å². The van der Waals surface area contributed by atoms with Crippen molar-refractivity contribution in [2.45, 2.75) is 28.1 Å². The summed E-state index contributed by atoms with van der Waals surface area (Å²) in [5, 5.41) is 37.1. The van der Waals surface area contributed by atoms with E-state index in [1.165, 1.54) is 18.3 Å². The molecular weight excluding hydrogens is 557 g/mol. The third-order valence-electron chi connectivity index (χ3n) is 5.22. The lowest BCUT2D eigenvalue weighted by atomic mass is 9.99. The van der Waals surface area contributed by atoms with Crippen LogP contribution in [0.5, 0.6) is 0 Å². The Morgan fingerprint density at radius 2 is 1.87 bits per heavy atom. The minimum atomic E-state index is -5.08. The topological polar surface area (TPSA) is 235 Å². The molecule has 202 valence electrons. The Morgan fingerprint density at radius 3 is 2.29 bits per heavy atom. The number of primary sulfonamides is 1. The van der Waals surface area contributed by atoms with Gasteiger partial charge in [-0.05, 0) is 40.6 Å². The standard InChI is InChI=1S/C17H16N8O4S2.C2HF3O2/c1-9-4-10(6-21-13(9)5-18)12-2-3-14(30(26,27)11-7-20-8-11)16(31(19,28)29)15(12)17-22-24-25-23-17;3-2(4,5)1(6)7/h2-4,6,11,20H,7-8H2,1H3,(H2,19,28,29)(H,22,23,24,25);(H,6,7). The molecule has 5 N–H and O–H groups in total. The number of tetrazole rings is 1. The first-order valence-corrected chi connectivity index (χ1v) is 13.2. The third-order valence-corrected chi connectivity index (χ3v) is 8.50. The molecular formula is C19H17F3N8O6S2. The number of sulfonamides is 1. The SMILES string of the molecule is Cc1cc(-c2ccc(S(=O)(=O)C3CNC3)c(S(N)(=O)=O)c2-c2nnn[nH]2)cnc1C#N.O=C(O)C(F)(F)F. The summed E-state index contributed by atoms with van der Waals surface area (Å²) in [4.78, 5) is 12.0. The summed E-state index contributed by atoms with van der Waals surface area (Å²) in [6.07, 6.45) is -3.70. The fraction of sp³-hybridized carbons (Fsp3) is 0.263. The normalized spacial score (nSPS) is 14.1. The van der Waals surface area contributed by atoms with Gasteiger partial charge in [0.15, 0.2) is 15.7 Å². The van der Waals surface area contributed by atoms with E-state index < -0.39 is 47.0 Å². The van der Waals surface area contributed by atoms with E-state index in [1.54, 1.807) is 13.0 Å². The minimum Gasteiger partial charge on any atom is -0.475 e. The van der Waals surface area contributed by atoms with Crippen LogP contribution < -0.4 is 10.5 Å². The number of carboxylic acid groups (broad SMARTS) is 1. The molecule has 3 aromatic rings. The molecule has 1 saturated heterocycles. The molecule has 1 aromatic carbocycles. The Bertz CT molecular complexity index is 1630. The highest BCUT2D eigenvalue weighted by atomic mass is 32.2. The second-order valence-electron chi connectivity index (χ2n) is 7.74. The van der Waals surface area contributed by atoms with Crippen molar-refractivity contribution in [3.05, 3.63) is 35.7 Å². The Labute approximate surface area is 212 Å². The minimum absolute atomic E-state index is 0.0789. The van der Waals surface area contributed by atoms with E-state index in [1.807, 2.05) is 6.07 Å². The van der Waals surface area contributed by atoms with Crippen LogP contribution in [0, 0.1) is 18.3 Å². The van der Waals surface area contributed by atoms with Crippen molar-refractivity contribution in [1.82, 2.24) is 30.9 Å². The number of alkyl halides is 3. The predicted octanol–water partition coefficient (Wildman–Crippen LogP) is 0.135. The number of aryl methyl sites for hydroxylation is 1. The number of pyridine rings is 1. The maximum atomic E-state index is 13.1. The van der Waals surface area contributed by atoms with Crippen LogP contribution in [0.1, 0.15) is 11.3 Å². The number of benzene rings is 1. The molecule has 19 heteroatoms. The molecule has 1 fully saturated rings. The Kier molecular flexibility index (Phi) is 7.83. The van der Waals surface area contributed by atoms with E-state index in [9.17, 15) is 30.0 Å². The summed E-state index contributed by atoms with van der Waals surface area (Å²) in [6, 6.07) is 6.25. The third kappa shape index (κ3) is 5.77. The summed E-state index contributed by atoms with van der Waals surface area (Å²) < 4.78 is 83.3. The second-order valence-corrected chi connectivity index (χ2v) is 11.4. The second kappa shape index (κ2) is 10.4. The summed E-state index contributed by atoms with van der Waals surface area (Å²) in [5.74, 6) is -2.84. The number of nitriles is 1. The molecule has 14 nitrogen and oxygen atoms in total. The van der Waals surface area contributed by atoms with Crippen LogP contribution in [0.25, 0.3) is 22.5 Å². The van der Waals surface area contributed by atoms with Crippen LogP contribution >= 0.6 is 0 Å². The zero-order valence-corrected chi connectivity index (χ0v) is 20.7. The van der Waals surface area contributed by atoms with Crippen LogP contribution in [0.4, 0.5) is 13.2 Å². The van der Waals surface area contributed by atoms with Gasteiger partial charge in [0, 0.05) is 30.4 Å². The molecule has 0 radical (unpaired) electrons. The van der Waals surface area contributed by atoms with Crippen LogP contribution in [-0.2, 0) is 24.7 Å². The molecule has 2 aromatic heterocycles. The van der Waals surface area contributed by atoms with Crippen LogP contribution in [0.2, 0.25) is 0 Å². The highest BCUT2D eigenvalue weighted by Crippen LogP contribution is 2.40. The molecule has 0 spiro atoms. The Balaban J connectivity index is 0.000000505. The molecule has 0 saturated carbocycles. The first-order valence-electron chi connectivity index (χ1n) is 10.1. The maximum Gasteiger partial charge on any atom is 0.490 e. The van der Waals surface area contributed by atoms with Crippen molar-refractivity contribution in [2.75, 3.05) is 13.1 Å². The number of H-pyrrole nitrogens is 1. The number of nitrogens with one attached hydrogen (secondary N) is 2. The largest absolute Gasteiger partial charge is 0.490 e. The van der Waals surface area contributed by atoms with Crippen molar-refractivity contribution in [3.8, 4) is 28.6 Å². The van der Waals surface area contributed by atoms with Crippen molar-refractivity contribution < 1.29 is 39.9 Å². The lowest BCUT2D eigenvalue weighted by molar-refractivity contribution is -0.192. The summed E-state index contributed by atoms with van der Waals surface area (Å²) >= 11 is 0. The molecule has 1 aliphatic heterocycles. The molecule has 0 bridgehead atoms. The van der Waals surface area contributed by atoms with E-state index >= 15 is 0 Å². The van der Waals surface area contributed by atoms with Gasteiger partial charge in [0.25, 0.3) is 0 Å². The number of aromatic amines is 1. The molecule has 0 unspecified atom stereocenters. The molecule has 0 amide bonds. The van der Waals surface area contributed by atoms with Gasteiger partial charge in [-0.2, -0.15) is 18.4 Å². The lowest BCUT2D eigenvalue weighted by Crippen LogP contribution is -2.51. The summed E-state index contributed by atoms with van der Waals surface area (Å²) in [7, 11) is -8.54. The fourth-order valence-electron chi connectivity index (χ4n) is 3.31. The van der Waals surface area contributed by atoms with Gasteiger partial charge in [0.1, 0.15) is 16.7 Å². The summed E-state index contributed by atoms with van der Waals surface area (Å²) in [5.41, 5.74) is 1.38. The van der Waals surface area contributed by atoms with Crippen molar-refractivity contribution >= 4 is 25.8 Å². The lowest BCUT2D eigenvalue weighted by Gasteiger charge is -2.28. The van der Waals surface area contributed by atoms with Gasteiger partial charge in [-0.1, -0.05) is 6.07 Å². The van der Waals surface area contributed by atoms with Gasteiger partial charge >= 0.3 is 12.1 Å². The number of nitrogens with zero attached hydrogens (tertiary/aromatic N) is 5. The fourth-order valence-corrected chi connectivity index (χ4v) is 6.50. The zero-order chi connectivity index (χ0) is 28.5. The molecule has 0 aliphatic carbocycles. The number of hydrogen-bond acceptors (Lipinski definition) is 11. The quantitative estimate of drug-likeness (QED) is 0.318. The van der Waals surface area contributed by atoms with E-state index in [4.69, 9.17) is 20.3 Å². The number of hydrogen-bond donors (Lipinski definition) is 4. The molecule has 4 rings (SSSR count). The van der Waals surface area contributed by atoms with Gasteiger partial charge in [0.2, 0.25) is 10.0 Å². The van der Waals surface area contributed by atoms with E-state index in [0.29, 0.717) is 11.1 Å². The first-order chi connectivity index (χ1) is 17.6. The van der Waals surface area contributed by atoms with Crippen molar-refractivity contribution in [2.24, 2.45) is 5.14 Å². The number of rotatable bonds is 5. The predicted molar refractivity (Wildman–Crippen MR) is 121 cm³/mol. The average molecular weight is 575 g/mol. The number of halogens is 3. The number of carboxylic acids is 1.